The predicted molar refractivity (Wildman–Crippen MR) is 71.0 cm³/mol. The SMILES string of the molecule is Nc1ccnc(N(CCO)Cc2ccccc2)n1. The molecule has 5 heteroatoms. The van der Waals surface area contributed by atoms with Crippen LogP contribution in [-0.4, -0.2) is 28.2 Å². The molecule has 0 atom stereocenters. The summed E-state index contributed by atoms with van der Waals surface area (Å²) >= 11 is 0. The van der Waals surface area contributed by atoms with Crippen molar-refractivity contribution in [2.75, 3.05) is 23.8 Å². The Kier molecular flexibility index (Phi) is 4.09. The zero-order valence-corrected chi connectivity index (χ0v) is 10.0. The van der Waals surface area contributed by atoms with Crippen LogP contribution in [0.25, 0.3) is 0 Å². The van der Waals surface area contributed by atoms with Gasteiger partial charge in [0, 0.05) is 19.3 Å². The largest absolute Gasteiger partial charge is 0.395 e. The van der Waals surface area contributed by atoms with Crippen molar-refractivity contribution in [2.24, 2.45) is 0 Å². The second kappa shape index (κ2) is 5.97. The van der Waals surface area contributed by atoms with Crippen molar-refractivity contribution >= 4 is 11.8 Å². The maximum absolute atomic E-state index is 9.12. The Hall–Kier alpha value is -2.14. The monoisotopic (exact) mass is 244 g/mol. The molecule has 1 aromatic carbocycles. The summed E-state index contributed by atoms with van der Waals surface area (Å²) in [5, 5.41) is 9.12. The number of aliphatic hydroxyl groups excluding tert-OH is 1. The fourth-order valence-electron chi connectivity index (χ4n) is 1.69. The molecule has 1 heterocycles. The van der Waals surface area contributed by atoms with Gasteiger partial charge in [-0.1, -0.05) is 30.3 Å². The van der Waals surface area contributed by atoms with Crippen LogP contribution >= 0.6 is 0 Å². The highest BCUT2D eigenvalue weighted by atomic mass is 16.3. The van der Waals surface area contributed by atoms with Crippen LogP contribution in [0.2, 0.25) is 0 Å². The molecular formula is C13H16N4O. The van der Waals surface area contributed by atoms with E-state index >= 15 is 0 Å². The van der Waals surface area contributed by atoms with Crippen molar-refractivity contribution in [1.29, 1.82) is 0 Å². The average molecular weight is 244 g/mol. The second-order valence-electron chi connectivity index (χ2n) is 3.91. The number of hydrogen-bond acceptors (Lipinski definition) is 5. The topological polar surface area (TPSA) is 75.3 Å². The van der Waals surface area contributed by atoms with Crippen LogP contribution in [-0.2, 0) is 6.54 Å². The van der Waals surface area contributed by atoms with Crippen LogP contribution in [0, 0.1) is 0 Å². The van der Waals surface area contributed by atoms with Gasteiger partial charge in [0.2, 0.25) is 5.95 Å². The average Bonchev–Trinajstić information content (AvgIpc) is 2.39. The summed E-state index contributed by atoms with van der Waals surface area (Å²) in [4.78, 5) is 10.2. The highest BCUT2D eigenvalue weighted by Crippen LogP contribution is 2.12. The van der Waals surface area contributed by atoms with Gasteiger partial charge in [0.05, 0.1) is 6.61 Å². The molecule has 2 rings (SSSR count). The first kappa shape index (κ1) is 12.3. The lowest BCUT2D eigenvalue weighted by Gasteiger charge is -2.21. The summed E-state index contributed by atoms with van der Waals surface area (Å²) in [6.45, 7) is 1.16. The highest BCUT2D eigenvalue weighted by Gasteiger charge is 2.09. The summed E-state index contributed by atoms with van der Waals surface area (Å²) in [7, 11) is 0. The van der Waals surface area contributed by atoms with E-state index in [0.29, 0.717) is 24.9 Å². The van der Waals surface area contributed by atoms with Gasteiger partial charge < -0.3 is 15.7 Å². The summed E-state index contributed by atoms with van der Waals surface area (Å²) in [6.07, 6.45) is 1.62. The lowest BCUT2D eigenvalue weighted by Crippen LogP contribution is -2.28. The number of hydrogen-bond donors (Lipinski definition) is 2. The molecule has 1 aromatic heterocycles. The Morgan fingerprint density at radius 1 is 1.17 bits per heavy atom. The van der Waals surface area contributed by atoms with E-state index in [1.807, 2.05) is 35.2 Å². The van der Waals surface area contributed by atoms with E-state index in [0.717, 1.165) is 5.56 Å². The van der Waals surface area contributed by atoms with Gasteiger partial charge in [-0.2, -0.15) is 4.98 Å². The molecule has 0 spiro atoms. The number of nitrogens with two attached hydrogens (primary N) is 1. The van der Waals surface area contributed by atoms with E-state index in [9.17, 15) is 0 Å². The minimum atomic E-state index is 0.0466. The Balaban J connectivity index is 2.18. The number of benzene rings is 1. The molecule has 2 aromatic rings. The van der Waals surface area contributed by atoms with E-state index in [4.69, 9.17) is 10.8 Å². The number of nitrogens with zero attached hydrogens (tertiary/aromatic N) is 3. The molecule has 0 unspecified atom stereocenters. The van der Waals surface area contributed by atoms with Gasteiger partial charge in [-0.3, -0.25) is 0 Å². The van der Waals surface area contributed by atoms with Crippen molar-refractivity contribution in [3.8, 4) is 0 Å². The number of aliphatic hydroxyl groups is 1. The zero-order chi connectivity index (χ0) is 12.8. The standard InChI is InChI=1S/C13H16N4O/c14-12-6-7-15-13(16-12)17(8-9-18)10-11-4-2-1-3-5-11/h1-7,18H,8-10H2,(H2,14,15,16). The first-order valence-electron chi connectivity index (χ1n) is 5.78. The van der Waals surface area contributed by atoms with Crippen LogP contribution in [0.1, 0.15) is 5.56 Å². The zero-order valence-electron chi connectivity index (χ0n) is 10.0. The van der Waals surface area contributed by atoms with Gasteiger partial charge in [0.25, 0.3) is 0 Å². The number of rotatable bonds is 5. The molecule has 0 radical (unpaired) electrons. The molecule has 0 bridgehead atoms. The van der Waals surface area contributed by atoms with Crippen LogP contribution < -0.4 is 10.6 Å². The second-order valence-corrected chi connectivity index (χ2v) is 3.91. The summed E-state index contributed by atoms with van der Waals surface area (Å²) in [5.74, 6) is 0.962. The van der Waals surface area contributed by atoms with E-state index in [1.54, 1.807) is 12.3 Å². The quantitative estimate of drug-likeness (QED) is 0.822. The minimum absolute atomic E-state index is 0.0466. The fourth-order valence-corrected chi connectivity index (χ4v) is 1.69. The molecule has 0 amide bonds. The van der Waals surface area contributed by atoms with Gasteiger partial charge >= 0.3 is 0 Å². The molecule has 18 heavy (non-hydrogen) atoms. The van der Waals surface area contributed by atoms with Crippen LogP contribution in [0.5, 0.6) is 0 Å². The Morgan fingerprint density at radius 2 is 1.94 bits per heavy atom. The Bertz CT molecular complexity index is 489. The van der Waals surface area contributed by atoms with Gasteiger partial charge in [0.15, 0.2) is 0 Å². The van der Waals surface area contributed by atoms with Crippen LogP contribution in [0.4, 0.5) is 11.8 Å². The lowest BCUT2D eigenvalue weighted by atomic mass is 10.2. The maximum Gasteiger partial charge on any atom is 0.227 e. The summed E-state index contributed by atoms with van der Waals surface area (Å²) < 4.78 is 0. The van der Waals surface area contributed by atoms with Crippen molar-refractivity contribution in [1.82, 2.24) is 9.97 Å². The van der Waals surface area contributed by atoms with Crippen molar-refractivity contribution in [2.45, 2.75) is 6.54 Å². The third-order valence-electron chi connectivity index (χ3n) is 2.53. The fraction of sp³-hybridized carbons (Fsp3) is 0.231. The van der Waals surface area contributed by atoms with Gasteiger partial charge in [0.1, 0.15) is 5.82 Å². The number of anilines is 2. The molecule has 0 saturated carbocycles. The molecular weight excluding hydrogens is 228 g/mol. The van der Waals surface area contributed by atoms with Gasteiger partial charge in [-0.05, 0) is 11.6 Å². The first-order valence-corrected chi connectivity index (χ1v) is 5.78. The molecule has 0 fully saturated rings. The predicted octanol–water partition coefficient (Wildman–Crippen LogP) is 1.06. The highest BCUT2D eigenvalue weighted by molar-refractivity contribution is 5.38. The minimum Gasteiger partial charge on any atom is -0.395 e. The first-order chi connectivity index (χ1) is 8.79. The third kappa shape index (κ3) is 3.18. The van der Waals surface area contributed by atoms with E-state index in [1.165, 1.54) is 0 Å². The Labute approximate surface area is 106 Å². The molecule has 5 nitrogen and oxygen atoms in total. The van der Waals surface area contributed by atoms with Crippen LogP contribution in [0.3, 0.4) is 0 Å². The lowest BCUT2D eigenvalue weighted by molar-refractivity contribution is 0.301. The van der Waals surface area contributed by atoms with Crippen molar-refractivity contribution in [3.05, 3.63) is 48.2 Å². The van der Waals surface area contributed by atoms with E-state index < -0.39 is 0 Å². The van der Waals surface area contributed by atoms with Crippen molar-refractivity contribution < 1.29 is 5.11 Å². The third-order valence-corrected chi connectivity index (χ3v) is 2.53. The normalized spacial score (nSPS) is 10.3. The molecule has 0 aliphatic rings. The Morgan fingerprint density at radius 3 is 2.61 bits per heavy atom. The molecule has 0 aliphatic carbocycles. The number of nitrogen functional groups attached to an aromatic ring is 1. The molecule has 0 aliphatic heterocycles. The van der Waals surface area contributed by atoms with Crippen LogP contribution in [0.15, 0.2) is 42.6 Å². The summed E-state index contributed by atoms with van der Waals surface area (Å²) in [5.41, 5.74) is 6.78. The van der Waals surface area contributed by atoms with Gasteiger partial charge in [-0.15, -0.1) is 0 Å². The van der Waals surface area contributed by atoms with E-state index in [2.05, 4.69) is 9.97 Å². The van der Waals surface area contributed by atoms with Gasteiger partial charge in [-0.25, -0.2) is 4.98 Å². The molecule has 94 valence electrons. The smallest absolute Gasteiger partial charge is 0.227 e. The maximum atomic E-state index is 9.12. The molecule has 3 N–H and O–H groups in total. The van der Waals surface area contributed by atoms with E-state index in [-0.39, 0.29) is 6.61 Å². The summed E-state index contributed by atoms with van der Waals surface area (Å²) in [6, 6.07) is 11.6. The number of aromatic nitrogens is 2. The molecule has 0 saturated heterocycles. The van der Waals surface area contributed by atoms with Crippen molar-refractivity contribution in [3.63, 3.8) is 0 Å².